The molecule has 3 aromatic rings. The monoisotopic (exact) mass is 406 g/mol. The minimum Gasteiger partial charge on any atom is -0.495 e. The second-order valence-electron chi connectivity index (χ2n) is 7.68. The van der Waals surface area contributed by atoms with Gasteiger partial charge in [0.1, 0.15) is 11.6 Å². The summed E-state index contributed by atoms with van der Waals surface area (Å²) in [6.07, 6.45) is 1.35. The smallest absolute Gasteiger partial charge is 0.142 e. The van der Waals surface area contributed by atoms with E-state index in [4.69, 9.17) is 22.1 Å². The lowest BCUT2D eigenvalue weighted by molar-refractivity contribution is 0.417. The number of halogens is 2. The Labute approximate surface area is 174 Å². The summed E-state index contributed by atoms with van der Waals surface area (Å²) in [5, 5.41) is 9.66. The molecule has 0 bridgehead atoms. The van der Waals surface area contributed by atoms with E-state index >= 15 is 0 Å². The molecule has 5 heteroatoms. The Morgan fingerprint density at radius 2 is 1.86 bits per heavy atom. The van der Waals surface area contributed by atoms with Gasteiger partial charge in [-0.2, -0.15) is 5.26 Å². The van der Waals surface area contributed by atoms with Gasteiger partial charge in [0.05, 0.1) is 29.5 Å². The molecular formula is C24H20ClFN2O. The van der Waals surface area contributed by atoms with Crippen LogP contribution in [0.25, 0.3) is 11.1 Å². The number of methoxy groups -OCH3 is 1. The van der Waals surface area contributed by atoms with E-state index in [1.54, 1.807) is 12.1 Å². The Morgan fingerprint density at radius 1 is 1.14 bits per heavy atom. The number of nitrogens with zero attached hydrogens (tertiary/aromatic N) is 1. The van der Waals surface area contributed by atoms with Gasteiger partial charge in [0, 0.05) is 16.5 Å². The molecule has 0 radical (unpaired) electrons. The maximum absolute atomic E-state index is 14.8. The summed E-state index contributed by atoms with van der Waals surface area (Å²) >= 11 is 6.47. The molecule has 4 rings (SSSR count). The van der Waals surface area contributed by atoms with Crippen LogP contribution >= 0.6 is 11.6 Å². The first kappa shape index (κ1) is 19.3. The fourth-order valence-corrected chi connectivity index (χ4v) is 4.66. The molecule has 0 saturated carbocycles. The van der Waals surface area contributed by atoms with E-state index in [-0.39, 0.29) is 16.1 Å². The van der Waals surface area contributed by atoms with Crippen LogP contribution in [-0.4, -0.2) is 7.11 Å². The number of ether oxygens (including phenoxy) is 1. The SMILES string of the molecule is COc1ccc(C#N)c(-c2c(Cl)c(F)cc3c2C[C@@](C)(c2ccccc2)C3)c1N. The van der Waals surface area contributed by atoms with Crippen LogP contribution in [0, 0.1) is 17.1 Å². The lowest BCUT2D eigenvalue weighted by Gasteiger charge is -2.24. The van der Waals surface area contributed by atoms with E-state index in [9.17, 15) is 9.65 Å². The van der Waals surface area contributed by atoms with Crippen molar-refractivity contribution in [3.8, 4) is 22.9 Å². The third-order valence-corrected chi connectivity index (χ3v) is 6.20. The van der Waals surface area contributed by atoms with E-state index in [0.29, 0.717) is 35.3 Å². The molecule has 1 aliphatic rings. The molecule has 0 saturated heterocycles. The molecule has 0 aliphatic heterocycles. The van der Waals surface area contributed by atoms with Gasteiger partial charge in [-0.25, -0.2) is 4.39 Å². The Balaban J connectivity index is 1.98. The minimum absolute atomic E-state index is 0.0162. The van der Waals surface area contributed by atoms with Gasteiger partial charge in [-0.1, -0.05) is 48.9 Å². The van der Waals surface area contributed by atoms with Crippen molar-refractivity contribution in [2.45, 2.75) is 25.2 Å². The predicted octanol–water partition coefficient (Wildman–Crippen LogP) is 5.67. The van der Waals surface area contributed by atoms with E-state index in [0.717, 1.165) is 11.1 Å². The van der Waals surface area contributed by atoms with Crippen LogP contribution in [0.5, 0.6) is 5.75 Å². The predicted molar refractivity (Wildman–Crippen MR) is 114 cm³/mol. The van der Waals surface area contributed by atoms with Crippen molar-refractivity contribution in [3.05, 3.63) is 81.6 Å². The van der Waals surface area contributed by atoms with E-state index in [1.165, 1.54) is 18.7 Å². The summed E-state index contributed by atoms with van der Waals surface area (Å²) in [4.78, 5) is 0. The van der Waals surface area contributed by atoms with Crippen molar-refractivity contribution >= 4 is 17.3 Å². The molecule has 0 fully saturated rings. The van der Waals surface area contributed by atoms with Gasteiger partial charge in [0.25, 0.3) is 0 Å². The Morgan fingerprint density at radius 3 is 2.52 bits per heavy atom. The van der Waals surface area contributed by atoms with Crippen molar-refractivity contribution < 1.29 is 9.13 Å². The molecule has 3 aromatic carbocycles. The number of rotatable bonds is 3. The van der Waals surface area contributed by atoms with Gasteiger partial charge in [0.2, 0.25) is 0 Å². The number of nitrogens with two attached hydrogens (primary N) is 1. The first-order valence-electron chi connectivity index (χ1n) is 9.32. The maximum atomic E-state index is 14.8. The molecular weight excluding hydrogens is 387 g/mol. The summed E-state index contributed by atoms with van der Waals surface area (Å²) in [6.45, 7) is 2.16. The zero-order valence-corrected chi connectivity index (χ0v) is 17.0. The number of anilines is 1. The maximum Gasteiger partial charge on any atom is 0.142 e. The topological polar surface area (TPSA) is 59.0 Å². The highest BCUT2D eigenvalue weighted by Crippen LogP contribution is 2.49. The summed E-state index contributed by atoms with van der Waals surface area (Å²) in [7, 11) is 1.51. The second kappa shape index (κ2) is 7.09. The molecule has 0 unspecified atom stereocenters. The molecule has 0 aromatic heterocycles. The Bertz CT molecular complexity index is 1150. The summed E-state index contributed by atoms with van der Waals surface area (Å²) in [6, 6.07) is 17.1. The summed E-state index contributed by atoms with van der Waals surface area (Å²) in [5.41, 5.74) is 10.7. The van der Waals surface area contributed by atoms with Crippen LogP contribution in [0.4, 0.5) is 10.1 Å². The first-order valence-corrected chi connectivity index (χ1v) is 9.69. The molecule has 3 nitrogen and oxygen atoms in total. The van der Waals surface area contributed by atoms with E-state index in [2.05, 4.69) is 25.1 Å². The molecule has 2 N–H and O–H groups in total. The van der Waals surface area contributed by atoms with E-state index < -0.39 is 5.82 Å². The lowest BCUT2D eigenvalue weighted by atomic mass is 9.79. The Kier molecular flexibility index (Phi) is 4.72. The first-order chi connectivity index (χ1) is 13.9. The highest BCUT2D eigenvalue weighted by atomic mass is 35.5. The highest BCUT2D eigenvalue weighted by Gasteiger charge is 2.38. The number of nitriles is 1. The number of nitrogen functional groups attached to an aromatic ring is 1. The lowest BCUT2D eigenvalue weighted by Crippen LogP contribution is -2.22. The quantitative estimate of drug-likeness (QED) is 0.570. The molecule has 1 atom stereocenters. The van der Waals surface area contributed by atoms with Gasteiger partial charge in [0.15, 0.2) is 0 Å². The van der Waals surface area contributed by atoms with Crippen LogP contribution in [0.1, 0.15) is 29.2 Å². The molecule has 146 valence electrons. The normalized spacial score (nSPS) is 17.6. The van der Waals surface area contributed by atoms with Gasteiger partial charge in [-0.05, 0) is 47.7 Å². The fourth-order valence-electron chi connectivity index (χ4n) is 4.39. The van der Waals surface area contributed by atoms with Gasteiger partial charge < -0.3 is 10.5 Å². The molecule has 0 amide bonds. The molecule has 0 heterocycles. The van der Waals surface area contributed by atoms with Crippen LogP contribution in [-0.2, 0) is 18.3 Å². The van der Waals surface area contributed by atoms with Crippen LogP contribution in [0.2, 0.25) is 5.02 Å². The van der Waals surface area contributed by atoms with E-state index in [1.807, 2.05) is 18.2 Å². The van der Waals surface area contributed by atoms with Crippen LogP contribution in [0.15, 0.2) is 48.5 Å². The van der Waals surface area contributed by atoms with Crippen molar-refractivity contribution in [2.24, 2.45) is 0 Å². The average molecular weight is 407 g/mol. The fraction of sp³-hybridized carbons (Fsp3) is 0.208. The molecule has 29 heavy (non-hydrogen) atoms. The number of hydrogen-bond donors (Lipinski definition) is 1. The van der Waals surface area contributed by atoms with Gasteiger partial charge in [-0.3, -0.25) is 0 Å². The van der Waals surface area contributed by atoms with Crippen molar-refractivity contribution in [2.75, 3.05) is 12.8 Å². The number of fused-ring (bicyclic) bond motifs is 1. The number of benzene rings is 3. The van der Waals surface area contributed by atoms with Crippen LogP contribution in [0.3, 0.4) is 0 Å². The number of hydrogen-bond acceptors (Lipinski definition) is 3. The zero-order valence-electron chi connectivity index (χ0n) is 16.2. The summed E-state index contributed by atoms with van der Waals surface area (Å²) < 4.78 is 20.2. The van der Waals surface area contributed by atoms with Gasteiger partial charge in [-0.15, -0.1) is 0 Å². The van der Waals surface area contributed by atoms with Gasteiger partial charge >= 0.3 is 0 Å². The zero-order chi connectivity index (χ0) is 20.8. The van der Waals surface area contributed by atoms with Crippen molar-refractivity contribution in [3.63, 3.8) is 0 Å². The standard InChI is InChI=1S/C24H20ClFN2O/c1-24(16-6-4-3-5-7-16)11-15-10-18(26)22(25)21(17(15)12-24)20-14(13-27)8-9-19(29-2)23(20)28/h3-10H,11-12,28H2,1-2H3/t24-/m0/s1. The third-order valence-electron chi connectivity index (χ3n) is 5.83. The average Bonchev–Trinajstić information content (AvgIpc) is 3.07. The second-order valence-corrected chi connectivity index (χ2v) is 8.06. The summed E-state index contributed by atoms with van der Waals surface area (Å²) in [5.74, 6) is -0.0827. The van der Waals surface area contributed by atoms with Crippen molar-refractivity contribution in [1.82, 2.24) is 0 Å². The highest BCUT2D eigenvalue weighted by molar-refractivity contribution is 6.34. The third kappa shape index (κ3) is 3.03. The Hall–Kier alpha value is -3.03. The molecule has 1 aliphatic carbocycles. The minimum atomic E-state index is -0.510. The van der Waals surface area contributed by atoms with Crippen molar-refractivity contribution in [1.29, 1.82) is 5.26 Å². The largest absolute Gasteiger partial charge is 0.495 e. The van der Waals surface area contributed by atoms with Crippen LogP contribution < -0.4 is 10.5 Å². The molecule has 0 spiro atoms.